The topological polar surface area (TPSA) is 24.4 Å². The minimum absolute atomic E-state index is 0.609. The molecule has 1 aliphatic carbocycles. The van der Waals surface area contributed by atoms with Crippen molar-refractivity contribution < 1.29 is 0 Å². The van der Waals surface area contributed by atoms with Crippen LogP contribution in [0.3, 0.4) is 0 Å². The number of nitrogens with one attached hydrogen (secondary N) is 1. The molecule has 1 aliphatic heterocycles. The summed E-state index contributed by atoms with van der Waals surface area (Å²) in [5, 5.41) is 4.60. The first-order valence-corrected chi connectivity index (χ1v) is 7.18. The number of nitrogens with zero attached hydrogens (tertiary/aromatic N) is 1. The van der Waals surface area contributed by atoms with E-state index in [-0.39, 0.29) is 0 Å². The van der Waals surface area contributed by atoms with Crippen LogP contribution < -0.4 is 5.32 Å². The molecule has 3 atom stereocenters. The summed E-state index contributed by atoms with van der Waals surface area (Å²) in [7, 11) is 0. The van der Waals surface area contributed by atoms with Crippen molar-refractivity contribution in [1.29, 1.82) is 0 Å². The number of rotatable bonds is 2. The van der Waals surface area contributed by atoms with Gasteiger partial charge >= 0.3 is 0 Å². The molecule has 2 nitrogen and oxygen atoms in total. The zero-order valence-corrected chi connectivity index (χ0v) is 10.6. The van der Waals surface area contributed by atoms with Crippen molar-refractivity contribution in [3.63, 3.8) is 0 Å². The number of amidine groups is 1. The van der Waals surface area contributed by atoms with Crippen molar-refractivity contribution in [1.82, 2.24) is 5.32 Å². The molecule has 0 aromatic carbocycles. The van der Waals surface area contributed by atoms with E-state index in [1.54, 1.807) is 0 Å². The van der Waals surface area contributed by atoms with E-state index in [0.29, 0.717) is 6.04 Å². The van der Waals surface area contributed by atoms with Crippen molar-refractivity contribution in [3.8, 4) is 0 Å². The van der Waals surface area contributed by atoms with Gasteiger partial charge in [-0.25, -0.2) is 0 Å². The largest absolute Gasteiger partial charge is 0.362 e. The van der Waals surface area contributed by atoms with E-state index >= 15 is 0 Å². The van der Waals surface area contributed by atoms with Crippen molar-refractivity contribution in [3.05, 3.63) is 0 Å². The summed E-state index contributed by atoms with van der Waals surface area (Å²) in [6.07, 6.45) is 5.64. The van der Waals surface area contributed by atoms with Crippen LogP contribution >= 0.6 is 11.8 Å². The van der Waals surface area contributed by atoms with Crippen LogP contribution in [0.15, 0.2) is 4.99 Å². The highest BCUT2D eigenvalue weighted by molar-refractivity contribution is 8.14. The Hall–Kier alpha value is -0.180. The Morgan fingerprint density at radius 3 is 2.80 bits per heavy atom. The van der Waals surface area contributed by atoms with Gasteiger partial charge in [0.25, 0.3) is 0 Å². The van der Waals surface area contributed by atoms with Crippen LogP contribution in [0.4, 0.5) is 0 Å². The number of hydrogen-bond donors (Lipinski definition) is 1. The Bertz CT molecular complexity index is 240. The highest BCUT2D eigenvalue weighted by Crippen LogP contribution is 2.30. The number of thioether (sulfide) groups is 1. The highest BCUT2D eigenvalue weighted by Gasteiger charge is 2.22. The molecule has 3 unspecified atom stereocenters. The minimum atomic E-state index is 0.609. The molecule has 3 heteroatoms. The van der Waals surface area contributed by atoms with Gasteiger partial charge in [-0.05, 0) is 25.2 Å². The van der Waals surface area contributed by atoms with Crippen LogP contribution in [-0.4, -0.2) is 23.5 Å². The van der Waals surface area contributed by atoms with Crippen molar-refractivity contribution in [2.75, 3.05) is 12.3 Å². The molecule has 0 bridgehead atoms. The lowest BCUT2D eigenvalue weighted by Crippen LogP contribution is -2.25. The summed E-state index contributed by atoms with van der Waals surface area (Å²) < 4.78 is 0. The molecule has 1 saturated carbocycles. The first-order chi connectivity index (χ1) is 7.25. The molecular weight excluding hydrogens is 204 g/mol. The predicted molar refractivity (Wildman–Crippen MR) is 68.5 cm³/mol. The van der Waals surface area contributed by atoms with Gasteiger partial charge in [0.15, 0.2) is 5.17 Å². The summed E-state index contributed by atoms with van der Waals surface area (Å²) in [4.78, 5) is 4.72. The summed E-state index contributed by atoms with van der Waals surface area (Å²) in [5.74, 6) is 2.90. The van der Waals surface area contributed by atoms with E-state index in [1.807, 2.05) is 11.8 Å². The SMILES string of the molecule is CC1CSC(=NCC2CCCCC2C)N1. The lowest BCUT2D eigenvalue weighted by Gasteiger charge is -2.27. The van der Waals surface area contributed by atoms with E-state index in [0.717, 1.165) is 18.4 Å². The quantitative estimate of drug-likeness (QED) is 0.783. The van der Waals surface area contributed by atoms with Gasteiger partial charge in [-0.2, -0.15) is 0 Å². The second kappa shape index (κ2) is 5.24. The lowest BCUT2D eigenvalue weighted by atomic mass is 9.80. The molecule has 0 aromatic rings. The fraction of sp³-hybridized carbons (Fsp3) is 0.917. The normalized spacial score (nSPS) is 39.3. The Kier molecular flexibility index (Phi) is 3.95. The van der Waals surface area contributed by atoms with Crippen molar-refractivity contribution in [2.24, 2.45) is 16.8 Å². The lowest BCUT2D eigenvalue weighted by molar-refractivity contribution is 0.264. The van der Waals surface area contributed by atoms with Gasteiger partial charge in [0.05, 0.1) is 0 Å². The van der Waals surface area contributed by atoms with E-state index in [9.17, 15) is 0 Å². The number of hydrogen-bond acceptors (Lipinski definition) is 2. The van der Waals surface area contributed by atoms with E-state index in [2.05, 4.69) is 19.2 Å². The van der Waals surface area contributed by atoms with Gasteiger partial charge in [0, 0.05) is 18.3 Å². The van der Waals surface area contributed by atoms with E-state index in [4.69, 9.17) is 4.99 Å². The molecule has 15 heavy (non-hydrogen) atoms. The van der Waals surface area contributed by atoms with Gasteiger partial charge in [0.2, 0.25) is 0 Å². The Labute approximate surface area is 97.3 Å². The zero-order valence-electron chi connectivity index (χ0n) is 9.83. The van der Waals surface area contributed by atoms with Gasteiger partial charge in [-0.1, -0.05) is 37.9 Å². The van der Waals surface area contributed by atoms with Crippen LogP contribution in [0, 0.1) is 11.8 Å². The molecule has 2 aliphatic rings. The second-order valence-electron chi connectivity index (χ2n) is 5.02. The highest BCUT2D eigenvalue weighted by atomic mass is 32.2. The standard InChI is InChI=1S/C12H22N2S/c1-9-5-3-4-6-11(9)7-13-12-14-10(2)8-15-12/h9-11H,3-8H2,1-2H3,(H,13,14). The molecule has 0 amide bonds. The van der Waals surface area contributed by atoms with E-state index < -0.39 is 0 Å². The molecule has 2 rings (SSSR count). The molecule has 86 valence electrons. The fourth-order valence-electron chi connectivity index (χ4n) is 2.45. The smallest absolute Gasteiger partial charge is 0.156 e. The summed E-state index contributed by atoms with van der Waals surface area (Å²) in [6, 6.07) is 0.609. The molecule has 1 saturated heterocycles. The molecule has 0 aromatic heterocycles. The Morgan fingerprint density at radius 2 is 2.13 bits per heavy atom. The summed E-state index contributed by atoms with van der Waals surface area (Å²) in [5.41, 5.74) is 0. The third-order valence-corrected chi connectivity index (χ3v) is 4.79. The van der Waals surface area contributed by atoms with Gasteiger partial charge in [-0.3, -0.25) is 4.99 Å². The van der Waals surface area contributed by atoms with Crippen LogP contribution in [-0.2, 0) is 0 Å². The average Bonchev–Trinajstić information content (AvgIpc) is 2.63. The molecule has 0 radical (unpaired) electrons. The van der Waals surface area contributed by atoms with Crippen LogP contribution in [0.2, 0.25) is 0 Å². The molecule has 2 fully saturated rings. The fourth-order valence-corrected chi connectivity index (χ4v) is 3.40. The zero-order chi connectivity index (χ0) is 10.7. The maximum absolute atomic E-state index is 4.72. The molecule has 1 heterocycles. The Balaban J connectivity index is 1.81. The van der Waals surface area contributed by atoms with Crippen molar-refractivity contribution >= 4 is 16.9 Å². The second-order valence-corrected chi connectivity index (χ2v) is 6.03. The predicted octanol–water partition coefficient (Wildman–Crippen LogP) is 2.89. The number of aliphatic imine (C=N–C) groups is 1. The van der Waals surface area contributed by atoms with Crippen LogP contribution in [0.5, 0.6) is 0 Å². The van der Waals surface area contributed by atoms with Crippen LogP contribution in [0.25, 0.3) is 0 Å². The minimum Gasteiger partial charge on any atom is -0.362 e. The van der Waals surface area contributed by atoms with Gasteiger partial charge in [-0.15, -0.1) is 0 Å². The van der Waals surface area contributed by atoms with E-state index in [1.165, 1.54) is 36.6 Å². The summed E-state index contributed by atoms with van der Waals surface area (Å²) >= 11 is 1.88. The van der Waals surface area contributed by atoms with Gasteiger partial charge in [0.1, 0.15) is 0 Å². The monoisotopic (exact) mass is 226 g/mol. The molecule has 0 spiro atoms. The van der Waals surface area contributed by atoms with Crippen LogP contribution in [0.1, 0.15) is 39.5 Å². The summed E-state index contributed by atoms with van der Waals surface area (Å²) in [6.45, 7) is 5.66. The Morgan fingerprint density at radius 1 is 1.33 bits per heavy atom. The first kappa shape index (κ1) is 11.3. The van der Waals surface area contributed by atoms with Gasteiger partial charge < -0.3 is 5.32 Å². The molecule has 1 N–H and O–H groups in total. The third-order valence-electron chi connectivity index (χ3n) is 3.60. The van der Waals surface area contributed by atoms with Crippen molar-refractivity contribution in [2.45, 2.75) is 45.6 Å². The average molecular weight is 226 g/mol. The maximum atomic E-state index is 4.72. The molecular formula is C12H22N2S. The third kappa shape index (κ3) is 3.13. The first-order valence-electron chi connectivity index (χ1n) is 6.19. The maximum Gasteiger partial charge on any atom is 0.156 e.